The Hall–Kier alpha value is -1.84. The van der Waals surface area contributed by atoms with Crippen LogP contribution in [0.25, 0.3) is 0 Å². The largest absolute Gasteiger partial charge is 0.491 e. The second kappa shape index (κ2) is 6.36. The number of carbonyl (C=O) groups is 2. The van der Waals surface area contributed by atoms with Gasteiger partial charge in [-0.15, -0.1) is 0 Å². The van der Waals surface area contributed by atoms with E-state index in [9.17, 15) is 9.59 Å². The van der Waals surface area contributed by atoms with Crippen molar-refractivity contribution in [3.63, 3.8) is 0 Å². The zero-order chi connectivity index (χ0) is 13.7. The third-order valence-electron chi connectivity index (χ3n) is 3.23. The molecule has 0 aromatic heterocycles. The van der Waals surface area contributed by atoms with Crippen molar-refractivity contribution in [2.75, 3.05) is 19.7 Å². The van der Waals surface area contributed by atoms with Gasteiger partial charge in [-0.25, -0.2) is 0 Å². The first-order valence-electron chi connectivity index (χ1n) is 6.69. The molecule has 0 saturated heterocycles. The van der Waals surface area contributed by atoms with Gasteiger partial charge in [0.1, 0.15) is 18.1 Å². The van der Waals surface area contributed by atoms with E-state index in [2.05, 4.69) is 0 Å². The maximum absolute atomic E-state index is 12.3. The number of ether oxygens (including phenoxy) is 1. The van der Waals surface area contributed by atoms with Gasteiger partial charge < -0.3 is 14.4 Å². The summed E-state index contributed by atoms with van der Waals surface area (Å²) in [6.45, 7) is 3.41. The molecule has 1 amide bonds. The van der Waals surface area contributed by atoms with E-state index in [0.717, 1.165) is 12.8 Å². The molecule has 1 aromatic carbocycles. The first-order chi connectivity index (χ1) is 9.18. The summed E-state index contributed by atoms with van der Waals surface area (Å²) in [5, 5.41) is 0. The lowest BCUT2D eigenvalue weighted by Crippen LogP contribution is -2.33. The van der Waals surface area contributed by atoms with Gasteiger partial charge in [0.15, 0.2) is 0 Å². The molecule has 1 heterocycles. The number of hydrogen-bond acceptors (Lipinski definition) is 3. The molecule has 0 bridgehead atoms. The van der Waals surface area contributed by atoms with Crippen LogP contribution in [0, 0.1) is 0 Å². The van der Waals surface area contributed by atoms with Gasteiger partial charge in [-0.1, -0.05) is 12.1 Å². The lowest BCUT2D eigenvalue weighted by Gasteiger charge is -2.19. The number of fused-ring (bicyclic) bond motifs is 1. The Morgan fingerprint density at radius 3 is 2.89 bits per heavy atom. The smallest absolute Gasteiger partial charge is 0.257 e. The number of rotatable bonds is 5. The number of benzene rings is 1. The summed E-state index contributed by atoms with van der Waals surface area (Å²) in [5.41, 5.74) is 0.631. The number of Topliss-reactive ketones (excluding diaryl/α,β-unsaturated/α-hetero) is 1. The topological polar surface area (TPSA) is 46.6 Å². The summed E-state index contributed by atoms with van der Waals surface area (Å²) >= 11 is 0. The average Bonchev–Trinajstić information content (AvgIpc) is 2.55. The van der Waals surface area contributed by atoms with E-state index < -0.39 is 0 Å². The highest BCUT2D eigenvalue weighted by Gasteiger charge is 2.22. The van der Waals surface area contributed by atoms with Gasteiger partial charge in [-0.3, -0.25) is 4.79 Å². The molecule has 19 heavy (non-hydrogen) atoms. The lowest BCUT2D eigenvalue weighted by molar-refractivity contribution is -0.117. The molecule has 0 atom stereocenters. The van der Waals surface area contributed by atoms with Crippen molar-refractivity contribution in [1.29, 1.82) is 0 Å². The Balaban J connectivity index is 1.95. The fourth-order valence-corrected chi connectivity index (χ4v) is 2.20. The van der Waals surface area contributed by atoms with E-state index in [4.69, 9.17) is 4.74 Å². The fraction of sp³-hybridized carbons (Fsp3) is 0.467. The van der Waals surface area contributed by atoms with Crippen molar-refractivity contribution in [2.24, 2.45) is 0 Å². The van der Waals surface area contributed by atoms with Crippen LogP contribution < -0.4 is 4.74 Å². The Labute approximate surface area is 113 Å². The minimum atomic E-state index is 0.0240. The SMILES string of the molecule is CC(=O)CCCCN1CCOc2ccccc2C1=O. The first-order valence-corrected chi connectivity index (χ1v) is 6.69. The summed E-state index contributed by atoms with van der Waals surface area (Å²) in [4.78, 5) is 25.0. The third kappa shape index (κ3) is 3.56. The van der Waals surface area contributed by atoms with Crippen LogP contribution in [0.3, 0.4) is 0 Å². The van der Waals surface area contributed by atoms with E-state index >= 15 is 0 Å². The zero-order valence-electron chi connectivity index (χ0n) is 11.2. The predicted molar refractivity (Wildman–Crippen MR) is 72.4 cm³/mol. The number of carbonyl (C=O) groups excluding carboxylic acids is 2. The quantitative estimate of drug-likeness (QED) is 0.764. The van der Waals surface area contributed by atoms with Crippen LogP contribution in [0.2, 0.25) is 0 Å². The first kappa shape index (κ1) is 13.6. The van der Waals surface area contributed by atoms with E-state index in [1.165, 1.54) is 0 Å². The molecule has 1 aliphatic rings. The highest BCUT2D eigenvalue weighted by molar-refractivity contribution is 5.97. The molecule has 1 aromatic rings. The lowest BCUT2D eigenvalue weighted by atomic mass is 10.1. The number of nitrogens with zero attached hydrogens (tertiary/aromatic N) is 1. The number of unbranched alkanes of at least 4 members (excludes halogenated alkanes) is 1. The van der Waals surface area contributed by atoms with Crippen LogP contribution in [0.15, 0.2) is 24.3 Å². The van der Waals surface area contributed by atoms with Crippen LogP contribution in [0.1, 0.15) is 36.5 Å². The summed E-state index contributed by atoms with van der Waals surface area (Å²) in [6, 6.07) is 7.34. The summed E-state index contributed by atoms with van der Waals surface area (Å²) in [6.07, 6.45) is 2.28. The van der Waals surface area contributed by atoms with E-state index in [-0.39, 0.29) is 11.7 Å². The Kier molecular flexibility index (Phi) is 4.55. The minimum absolute atomic E-state index is 0.0240. The number of hydrogen-bond donors (Lipinski definition) is 0. The molecule has 0 unspecified atom stereocenters. The second-order valence-corrected chi connectivity index (χ2v) is 4.80. The number of amides is 1. The van der Waals surface area contributed by atoms with Crippen molar-refractivity contribution in [2.45, 2.75) is 26.2 Å². The standard InChI is InChI=1S/C15H19NO3/c1-12(17)6-4-5-9-16-10-11-19-14-8-3-2-7-13(14)15(16)18/h2-3,7-8H,4-6,9-11H2,1H3. The zero-order valence-corrected chi connectivity index (χ0v) is 11.2. The third-order valence-corrected chi connectivity index (χ3v) is 3.23. The highest BCUT2D eigenvalue weighted by Crippen LogP contribution is 2.22. The maximum Gasteiger partial charge on any atom is 0.257 e. The summed E-state index contributed by atoms with van der Waals surface area (Å²) < 4.78 is 5.58. The van der Waals surface area contributed by atoms with Crippen molar-refractivity contribution in [3.05, 3.63) is 29.8 Å². The normalized spacial score (nSPS) is 14.6. The van der Waals surface area contributed by atoms with Crippen LogP contribution in [-0.4, -0.2) is 36.3 Å². The molecule has 0 radical (unpaired) electrons. The van der Waals surface area contributed by atoms with Crippen LogP contribution in [0.4, 0.5) is 0 Å². The van der Waals surface area contributed by atoms with Gasteiger partial charge in [0.25, 0.3) is 5.91 Å². The molecule has 102 valence electrons. The molecule has 0 N–H and O–H groups in total. The molecule has 4 nitrogen and oxygen atoms in total. The van der Waals surface area contributed by atoms with Crippen LogP contribution >= 0.6 is 0 Å². The molecular formula is C15H19NO3. The van der Waals surface area contributed by atoms with Gasteiger partial charge in [0, 0.05) is 13.0 Å². The predicted octanol–water partition coefficient (Wildman–Crippen LogP) is 2.28. The van der Waals surface area contributed by atoms with Crippen molar-refractivity contribution in [1.82, 2.24) is 4.90 Å². The van der Waals surface area contributed by atoms with Gasteiger partial charge >= 0.3 is 0 Å². The van der Waals surface area contributed by atoms with Gasteiger partial charge in [0.2, 0.25) is 0 Å². The van der Waals surface area contributed by atoms with Crippen molar-refractivity contribution >= 4 is 11.7 Å². The molecule has 1 aliphatic heterocycles. The van der Waals surface area contributed by atoms with Gasteiger partial charge in [-0.2, -0.15) is 0 Å². The van der Waals surface area contributed by atoms with Crippen molar-refractivity contribution < 1.29 is 14.3 Å². The minimum Gasteiger partial charge on any atom is -0.491 e. The molecular weight excluding hydrogens is 242 g/mol. The molecule has 0 aliphatic carbocycles. The number of para-hydroxylation sites is 1. The van der Waals surface area contributed by atoms with Crippen molar-refractivity contribution in [3.8, 4) is 5.75 Å². The molecule has 0 spiro atoms. The summed E-state index contributed by atoms with van der Waals surface area (Å²) in [5.74, 6) is 0.894. The molecule has 4 heteroatoms. The van der Waals surface area contributed by atoms with E-state index in [1.807, 2.05) is 23.1 Å². The van der Waals surface area contributed by atoms with Crippen LogP contribution in [-0.2, 0) is 4.79 Å². The average molecular weight is 261 g/mol. The highest BCUT2D eigenvalue weighted by atomic mass is 16.5. The monoisotopic (exact) mass is 261 g/mol. The fourth-order valence-electron chi connectivity index (χ4n) is 2.20. The van der Waals surface area contributed by atoms with E-state index in [0.29, 0.717) is 37.4 Å². The van der Waals surface area contributed by atoms with Crippen LogP contribution in [0.5, 0.6) is 5.75 Å². The second-order valence-electron chi connectivity index (χ2n) is 4.80. The maximum atomic E-state index is 12.3. The Morgan fingerprint density at radius 1 is 1.32 bits per heavy atom. The number of ketones is 1. The van der Waals surface area contributed by atoms with Gasteiger partial charge in [-0.05, 0) is 31.9 Å². The van der Waals surface area contributed by atoms with Gasteiger partial charge in [0.05, 0.1) is 12.1 Å². The van der Waals surface area contributed by atoms with E-state index in [1.54, 1.807) is 13.0 Å². The Bertz CT molecular complexity index is 470. The molecule has 0 saturated carbocycles. The molecule has 2 rings (SSSR count). The molecule has 0 fully saturated rings. The Morgan fingerprint density at radius 2 is 2.11 bits per heavy atom. The summed E-state index contributed by atoms with van der Waals surface area (Å²) in [7, 11) is 0.